The average molecular weight is 318 g/mol. The second-order valence-electron chi connectivity index (χ2n) is 6.51. The molecular formula is C17H26N4O2. The van der Waals surface area contributed by atoms with Gasteiger partial charge in [0.25, 0.3) is 0 Å². The summed E-state index contributed by atoms with van der Waals surface area (Å²) in [5.74, 6) is 1.73. The number of nitrogens with zero attached hydrogens (tertiary/aromatic N) is 3. The molecule has 23 heavy (non-hydrogen) atoms. The highest BCUT2D eigenvalue weighted by Gasteiger charge is 2.27. The summed E-state index contributed by atoms with van der Waals surface area (Å²) < 4.78 is 5.50. The third-order valence-corrected chi connectivity index (χ3v) is 4.56. The molecule has 0 saturated carbocycles. The van der Waals surface area contributed by atoms with E-state index < -0.39 is 0 Å². The quantitative estimate of drug-likeness (QED) is 0.880. The van der Waals surface area contributed by atoms with E-state index in [9.17, 15) is 4.79 Å². The molecule has 1 aromatic rings. The zero-order chi connectivity index (χ0) is 16.1. The van der Waals surface area contributed by atoms with Crippen LogP contribution in [0.1, 0.15) is 13.3 Å². The van der Waals surface area contributed by atoms with E-state index in [1.54, 1.807) is 6.20 Å². The number of hydrogen-bond donors (Lipinski definition) is 1. The van der Waals surface area contributed by atoms with E-state index >= 15 is 0 Å². The molecule has 6 heteroatoms. The number of ether oxygens (including phenoxy) is 1. The molecule has 0 unspecified atom stereocenters. The molecule has 0 aliphatic carbocycles. The first-order valence-corrected chi connectivity index (χ1v) is 8.47. The summed E-state index contributed by atoms with van der Waals surface area (Å²) in [6.07, 6.45) is 3.08. The SMILES string of the molecule is C[C@H]1CN(C(=O)CN2CC[C@@H](CNc3ccccn3)C2)CCO1. The molecule has 3 heterocycles. The van der Waals surface area contributed by atoms with Gasteiger partial charge in [-0.2, -0.15) is 0 Å². The minimum Gasteiger partial charge on any atom is -0.375 e. The van der Waals surface area contributed by atoms with Crippen LogP contribution in [0.15, 0.2) is 24.4 Å². The highest BCUT2D eigenvalue weighted by Crippen LogP contribution is 2.17. The van der Waals surface area contributed by atoms with Crippen molar-refractivity contribution in [3.8, 4) is 0 Å². The van der Waals surface area contributed by atoms with Crippen LogP contribution in [0.2, 0.25) is 0 Å². The van der Waals surface area contributed by atoms with E-state index in [-0.39, 0.29) is 12.0 Å². The number of anilines is 1. The number of carbonyl (C=O) groups excluding carboxylic acids is 1. The lowest BCUT2D eigenvalue weighted by molar-refractivity contribution is -0.139. The first-order valence-electron chi connectivity index (χ1n) is 8.47. The van der Waals surface area contributed by atoms with E-state index in [1.165, 1.54) is 0 Å². The Hall–Kier alpha value is -1.66. The van der Waals surface area contributed by atoms with Crippen molar-refractivity contribution < 1.29 is 9.53 Å². The zero-order valence-corrected chi connectivity index (χ0v) is 13.8. The summed E-state index contributed by atoms with van der Waals surface area (Å²) >= 11 is 0. The van der Waals surface area contributed by atoms with Gasteiger partial charge in [0.1, 0.15) is 5.82 Å². The second kappa shape index (κ2) is 7.75. The molecule has 0 bridgehead atoms. The topological polar surface area (TPSA) is 57.7 Å². The molecule has 2 aliphatic rings. The minimum absolute atomic E-state index is 0.154. The molecule has 0 aromatic carbocycles. The van der Waals surface area contributed by atoms with Gasteiger partial charge in [-0.25, -0.2) is 4.98 Å². The Bertz CT molecular complexity index is 511. The molecule has 6 nitrogen and oxygen atoms in total. The number of rotatable bonds is 5. The Morgan fingerprint density at radius 3 is 3.09 bits per heavy atom. The van der Waals surface area contributed by atoms with E-state index in [2.05, 4.69) is 15.2 Å². The lowest BCUT2D eigenvalue weighted by Gasteiger charge is -2.32. The number of likely N-dealkylation sites (tertiary alicyclic amines) is 1. The first-order chi connectivity index (χ1) is 11.2. The van der Waals surface area contributed by atoms with Gasteiger partial charge in [-0.05, 0) is 37.9 Å². The molecule has 2 atom stereocenters. The van der Waals surface area contributed by atoms with Gasteiger partial charge in [-0.1, -0.05) is 6.07 Å². The van der Waals surface area contributed by atoms with Gasteiger partial charge in [0.2, 0.25) is 5.91 Å². The van der Waals surface area contributed by atoms with Crippen molar-refractivity contribution in [1.29, 1.82) is 0 Å². The number of amides is 1. The fraction of sp³-hybridized carbons (Fsp3) is 0.647. The molecule has 3 rings (SSSR count). The molecule has 0 radical (unpaired) electrons. The lowest BCUT2D eigenvalue weighted by Crippen LogP contribution is -2.48. The number of nitrogens with one attached hydrogen (secondary N) is 1. The van der Waals surface area contributed by atoms with Crippen molar-refractivity contribution in [3.05, 3.63) is 24.4 Å². The number of morpholine rings is 1. The zero-order valence-electron chi connectivity index (χ0n) is 13.8. The van der Waals surface area contributed by atoms with Crippen molar-refractivity contribution in [1.82, 2.24) is 14.8 Å². The Balaban J connectivity index is 1.40. The van der Waals surface area contributed by atoms with Crippen LogP contribution in [-0.4, -0.2) is 72.7 Å². The monoisotopic (exact) mass is 318 g/mol. The summed E-state index contributed by atoms with van der Waals surface area (Å²) in [7, 11) is 0. The first kappa shape index (κ1) is 16.2. The smallest absolute Gasteiger partial charge is 0.236 e. The normalized spacial score (nSPS) is 25.5. The van der Waals surface area contributed by atoms with Crippen molar-refractivity contribution in [2.45, 2.75) is 19.4 Å². The van der Waals surface area contributed by atoms with E-state index in [1.807, 2.05) is 30.0 Å². The van der Waals surface area contributed by atoms with Crippen LogP contribution < -0.4 is 5.32 Å². The average Bonchev–Trinajstić information content (AvgIpc) is 3.01. The van der Waals surface area contributed by atoms with Crippen molar-refractivity contribution in [2.75, 3.05) is 51.2 Å². The van der Waals surface area contributed by atoms with Crippen LogP contribution in [0.4, 0.5) is 5.82 Å². The van der Waals surface area contributed by atoms with Crippen molar-refractivity contribution in [2.24, 2.45) is 5.92 Å². The molecule has 1 aromatic heterocycles. The second-order valence-corrected chi connectivity index (χ2v) is 6.51. The molecule has 2 fully saturated rings. The number of carbonyl (C=O) groups is 1. The van der Waals surface area contributed by atoms with Crippen LogP contribution in [0, 0.1) is 5.92 Å². The van der Waals surface area contributed by atoms with Crippen molar-refractivity contribution >= 4 is 11.7 Å². The summed E-state index contributed by atoms with van der Waals surface area (Å²) in [6, 6.07) is 5.88. The highest BCUT2D eigenvalue weighted by atomic mass is 16.5. The summed E-state index contributed by atoms with van der Waals surface area (Å²) in [5, 5.41) is 3.38. The molecule has 1 amide bonds. The van der Waals surface area contributed by atoms with Gasteiger partial charge in [0, 0.05) is 32.4 Å². The lowest BCUT2D eigenvalue weighted by atomic mass is 10.1. The van der Waals surface area contributed by atoms with Crippen LogP contribution in [0.3, 0.4) is 0 Å². The van der Waals surface area contributed by atoms with Crippen molar-refractivity contribution in [3.63, 3.8) is 0 Å². The van der Waals surface area contributed by atoms with Crippen LogP contribution in [-0.2, 0) is 9.53 Å². The highest BCUT2D eigenvalue weighted by molar-refractivity contribution is 5.78. The van der Waals surface area contributed by atoms with Gasteiger partial charge < -0.3 is 15.0 Å². The molecule has 2 saturated heterocycles. The van der Waals surface area contributed by atoms with Gasteiger partial charge in [0.05, 0.1) is 19.3 Å². The molecule has 0 spiro atoms. The molecule has 1 N–H and O–H groups in total. The van der Waals surface area contributed by atoms with Gasteiger partial charge in [-0.3, -0.25) is 9.69 Å². The fourth-order valence-electron chi connectivity index (χ4n) is 3.28. The fourth-order valence-corrected chi connectivity index (χ4v) is 3.28. The molecular weight excluding hydrogens is 292 g/mol. The third kappa shape index (κ3) is 4.65. The van der Waals surface area contributed by atoms with E-state index in [4.69, 9.17) is 4.74 Å². The maximum Gasteiger partial charge on any atom is 0.236 e. The molecule has 2 aliphatic heterocycles. The standard InChI is InChI=1S/C17H26N4O2/c1-14-11-21(8-9-23-14)17(22)13-20-7-5-15(12-20)10-19-16-4-2-3-6-18-16/h2-4,6,14-15H,5,7-13H2,1H3,(H,18,19)/t14-,15-/m0/s1. The Morgan fingerprint density at radius 2 is 2.30 bits per heavy atom. The largest absolute Gasteiger partial charge is 0.375 e. The maximum atomic E-state index is 12.4. The Kier molecular flexibility index (Phi) is 5.46. The molecule has 126 valence electrons. The van der Waals surface area contributed by atoms with Crippen LogP contribution >= 0.6 is 0 Å². The predicted octanol–water partition coefficient (Wildman–Crippen LogP) is 1.06. The van der Waals surface area contributed by atoms with E-state index in [0.717, 1.165) is 45.0 Å². The number of hydrogen-bond acceptors (Lipinski definition) is 5. The van der Waals surface area contributed by atoms with Gasteiger partial charge >= 0.3 is 0 Å². The third-order valence-electron chi connectivity index (χ3n) is 4.56. The van der Waals surface area contributed by atoms with Crippen LogP contribution in [0.5, 0.6) is 0 Å². The Morgan fingerprint density at radius 1 is 1.39 bits per heavy atom. The van der Waals surface area contributed by atoms with Crippen LogP contribution in [0.25, 0.3) is 0 Å². The van der Waals surface area contributed by atoms with Gasteiger partial charge in [0.15, 0.2) is 0 Å². The Labute approximate surface area is 137 Å². The minimum atomic E-state index is 0.154. The maximum absolute atomic E-state index is 12.4. The van der Waals surface area contributed by atoms with E-state index in [0.29, 0.717) is 19.1 Å². The van der Waals surface area contributed by atoms with Gasteiger partial charge in [-0.15, -0.1) is 0 Å². The summed E-state index contributed by atoms with van der Waals surface area (Å²) in [4.78, 5) is 20.9. The predicted molar refractivity (Wildman–Crippen MR) is 89.3 cm³/mol. The number of aromatic nitrogens is 1. The summed E-state index contributed by atoms with van der Waals surface area (Å²) in [6.45, 7) is 7.55. The summed E-state index contributed by atoms with van der Waals surface area (Å²) in [5.41, 5.74) is 0. The number of pyridine rings is 1.